The number of cyclic esters (lactones) is 1. The van der Waals surface area contributed by atoms with Crippen molar-refractivity contribution in [1.29, 1.82) is 0 Å². The van der Waals surface area contributed by atoms with Crippen molar-refractivity contribution in [3.8, 4) is 5.75 Å². The molecule has 0 spiro atoms. The summed E-state index contributed by atoms with van der Waals surface area (Å²) in [6.07, 6.45) is 6.06. The monoisotopic (exact) mass is 394 g/mol. The van der Waals surface area contributed by atoms with E-state index in [4.69, 9.17) is 9.47 Å². The van der Waals surface area contributed by atoms with Crippen LogP contribution in [0, 0.1) is 0 Å². The Morgan fingerprint density at radius 3 is 2.41 bits per heavy atom. The van der Waals surface area contributed by atoms with Gasteiger partial charge in [0, 0.05) is 17.8 Å². The smallest absolute Gasteiger partial charge is 0.414 e. The van der Waals surface area contributed by atoms with Gasteiger partial charge in [-0.15, -0.1) is 0 Å². The highest BCUT2D eigenvalue weighted by molar-refractivity contribution is 5.95. The van der Waals surface area contributed by atoms with Gasteiger partial charge in [0.1, 0.15) is 12.4 Å². The average Bonchev–Trinajstić information content (AvgIpc) is 3.20. The van der Waals surface area contributed by atoms with E-state index in [0.717, 1.165) is 29.8 Å². The van der Waals surface area contributed by atoms with Crippen LogP contribution in [0.5, 0.6) is 5.75 Å². The number of nitrogens with zero attached hydrogens (tertiary/aromatic N) is 1. The van der Waals surface area contributed by atoms with Crippen LogP contribution >= 0.6 is 0 Å². The van der Waals surface area contributed by atoms with E-state index in [1.165, 1.54) is 19.3 Å². The first kappa shape index (κ1) is 19.3. The Kier molecular flexibility index (Phi) is 5.98. The van der Waals surface area contributed by atoms with Crippen molar-refractivity contribution in [2.24, 2.45) is 0 Å². The quantitative estimate of drug-likeness (QED) is 0.794. The number of hydrogen-bond acceptors (Lipinski definition) is 4. The number of benzene rings is 2. The zero-order valence-electron chi connectivity index (χ0n) is 16.4. The van der Waals surface area contributed by atoms with Crippen molar-refractivity contribution in [3.63, 3.8) is 0 Å². The highest BCUT2D eigenvalue weighted by Crippen LogP contribution is 2.23. The molecular formula is C23H26N2O4. The molecular weight excluding hydrogens is 368 g/mol. The lowest BCUT2D eigenvalue weighted by Crippen LogP contribution is -2.24. The Balaban J connectivity index is 1.28. The first-order chi connectivity index (χ1) is 14.2. The van der Waals surface area contributed by atoms with E-state index in [-0.39, 0.29) is 12.0 Å². The first-order valence-corrected chi connectivity index (χ1v) is 10.3. The molecule has 1 aliphatic heterocycles. The molecule has 1 aliphatic carbocycles. The summed E-state index contributed by atoms with van der Waals surface area (Å²) in [5.41, 5.74) is 2.31. The predicted molar refractivity (Wildman–Crippen MR) is 110 cm³/mol. The van der Waals surface area contributed by atoms with E-state index >= 15 is 0 Å². The maximum atomic E-state index is 12.4. The van der Waals surface area contributed by atoms with Crippen LogP contribution < -0.4 is 15.0 Å². The van der Waals surface area contributed by atoms with Gasteiger partial charge in [-0.2, -0.15) is 0 Å². The Morgan fingerprint density at radius 1 is 1.03 bits per heavy atom. The summed E-state index contributed by atoms with van der Waals surface area (Å²) in [4.78, 5) is 25.6. The van der Waals surface area contributed by atoms with Gasteiger partial charge in [0.25, 0.3) is 5.91 Å². The SMILES string of the molecule is O=C(NCc1ccc(OC2CCCCC2)cc1)c1ccc(N2CCOC2=O)cc1. The first-order valence-electron chi connectivity index (χ1n) is 10.3. The standard InChI is InChI=1S/C23H26N2O4/c26-22(18-8-10-19(11-9-18)25-14-15-28-23(25)27)24-16-17-6-12-21(13-7-17)29-20-4-2-1-3-5-20/h6-13,20H,1-5,14-16H2,(H,24,26). The van der Waals surface area contributed by atoms with Gasteiger partial charge in [-0.1, -0.05) is 18.6 Å². The molecule has 2 amide bonds. The molecule has 1 saturated carbocycles. The number of anilines is 1. The lowest BCUT2D eigenvalue weighted by Gasteiger charge is -2.23. The molecule has 2 aliphatic rings. The summed E-state index contributed by atoms with van der Waals surface area (Å²) in [6.45, 7) is 1.37. The zero-order chi connectivity index (χ0) is 20.1. The molecule has 2 aromatic rings. The van der Waals surface area contributed by atoms with Crippen LogP contribution in [0.1, 0.15) is 48.0 Å². The summed E-state index contributed by atoms with van der Waals surface area (Å²) in [5, 5.41) is 2.93. The highest BCUT2D eigenvalue weighted by Gasteiger charge is 2.23. The number of nitrogens with one attached hydrogen (secondary N) is 1. The molecule has 1 heterocycles. The Labute approximate surface area is 170 Å². The van der Waals surface area contributed by atoms with Crippen LogP contribution in [0.15, 0.2) is 48.5 Å². The highest BCUT2D eigenvalue weighted by atomic mass is 16.6. The predicted octanol–water partition coefficient (Wildman–Crippen LogP) is 4.28. The normalized spacial score (nSPS) is 17.1. The van der Waals surface area contributed by atoms with Crippen LogP contribution in [0.3, 0.4) is 0 Å². The van der Waals surface area contributed by atoms with Gasteiger partial charge in [0.05, 0.1) is 12.6 Å². The van der Waals surface area contributed by atoms with Crippen LogP contribution in [0.25, 0.3) is 0 Å². The number of rotatable bonds is 6. The third-order valence-corrected chi connectivity index (χ3v) is 5.43. The summed E-state index contributed by atoms with van der Waals surface area (Å²) in [7, 11) is 0. The van der Waals surface area contributed by atoms with Crippen molar-refractivity contribution in [2.45, 2.75) is 44.8 Å². The minimum Gasteiger partial charge on any atom is -0.490 e. The van der Waals surface area contributed by atoms with Gasteiger partial charge in [-0.05, 0) is 67.6 Å². The lowest BCUT2D eigenvalue weighted by atomic mass is 9.98. The second kappa shape index (κ2) is 8.99. The second-order valence-corrected chi connectivity index (χ2v) is 7.52. The molecule has 0 aromatic heterocycles. The number of amides is 2. The fraction of sp³-hybridized carbons (Fsp3) is 0.391. The fourth-order valence-corrected chi connectivity index (χ4v) is 3.77. The van der Waals surface area contributed by atoms with Gasteiger partial charge in [-0.25, -0.2) is 4.79 Å². The molecule has 4 rings (SSSR count). The second-order valence-electron chi connectivity index (χ2n) is 7.52. The molecule has 2 aromatic carbocycles. The Hall–Kier alpha value is -3.02. The Bertz CT molecular complexity index is 842. The van der Waals surface area contributed by atoms with Crippen molar-refractivity contribution < 1.29 is 19.1 Å². The minimum atomic E-state index is -0.349. The minimum absolute atomic E-state index is 0.150. The van der Waals surface area contributed by atoms with Crippen molar-refractivity contribution in [1.82, 2.24) is 5.32 Å². The number of hydrogen-bond donors (Lipinski definition) is 1. The molecule has 0 atom stereocenters. The third kappa shape index (κ3) is 4.88. The molecule has 152 valence electrons. The number of carbonyl (C=O) groups excluding carboxylic acids is 2. The number of carbonyl (C=O) groups is 2. The van der Waals surface area contributed by atoms with E-state index in [1.807, 2.05) is 24.3 Å². The van der Waals surface area contributed by atoms with Crippen LogP contribution in [-0.4, -0.2) is 31.3 Å². The number of ether oxygens (including phenoxy) is 2. The molecule has 6 heteroatoms. The molecule has 0 radical (unpaired) electrons. The topological polar surface area (TPSA) is 67.9 Å². The molecule has 0 bridgehead atoms. The van der Waals surface area contributed by atoms with E-state index in [1.54, 1.807) is 29.2 Å². The summed E-state index contributed by atoms with van der Waals surface area (Å²) in [6, 6.07) is 14.9. The largest absolute Gasteiger partial charge is 0.490 e. The zero-order valence-corrected chi connectivity index (χ0v) is 16.4. The van der Waals surface area contributed by atoms with E-state index < -0.39 is 0 Å². The van der Waals surface area contributed by atoms with Crippen LogP contribution in [0.4, 0.5) is 10.5 Å². The summed E-state index contributed by atoms with van der Waals surface area (Å²) < 4.78 is 11.0. The van der Waals surface area contributed by atoms with E-state index in [2.05, 4.69) is 5.32 Å². The summed E-state index contributed by atoms with van der Waals surface area (Å²) in [5.74, 6) is 0.742. The fourth-order valence-electron chi connectivity index (χ4n) is 3.77. The molecule has 0 unspecified atom stereocenters. The maximum absolute atomic E-state index is 12.4. The van der Waals surface area contributed by atoms with Gasteiger partial charge in [0.2, 0.25) is 0 Å². The Morgan fingerprint density at radius 2 is 1.76 bits per heavy atom. The maximum Gasteiger partial charge on any atom is 0.414 e. The van der Waals surface area contributed by atoms with Crippen LogP contribution in [0.2, 0.25) is 0 Å². The van der Waals surface area contributed by atoms with Crippen molar-refractivity contribution >= 4 is 17.7 Å². The van der Waals surface area contributed by atoms with Gasteiger partial charge in [0.15, 0.2) is 0 Å². The molecule has 2 fully saturated rings. The molecule has 1 N–H and O–H groups in total. The van der Waals surface area contributed by atoms with E-state index in [0.29, 0.717) is 31.4 Å². The van der Waals surface area contributed by atoms with Crippen molar-refractivity contribution in [2.75, 3.05) is 18.1 Å². The van der Waals surface area contributed by atoms with E-state index in [9.17, 15) is 9.59 Å². The van der Waals surface area contributed by atoms with Crippen LogP contribution in [-0.2, 0) is 11.3 Å². The van der Waals surface area contributed by atoms with Gasteiger partial charge < -0.3 is 14.8 Å². The molecule has 6 nitrogen and oxygen atoms in total. The molecule has 29 heavy (non-hydrogen) atoms. The third-order valence-electron chi connectivity index (χ3n) is 5.43. The van der Waals surface area contributed by atoms with Crippen molar-refractivity contribution in [3.05, 3.63) is 59.7 Å². The summed E-state index contributed by atoms with van der Waals surface area (Å²) >= 11 is 0. The average molecular weight is 394 g/mol. The molecule has 1 saturated heterocycles. The van der Waals surface area contributed by atoms with Gasteiger partial charge in [-0.3, -0.25) is 9.69 Å². The van der Waals surface area contributed by atoms with Gasteiger partial charge >= 0.3 is 6.09 Å². The lowest BCUT2D eigenvalue weighted by molar-refractivity contribution is 0.0951.